The van der Waals surface area contributed by atoms with Crippen LogP contribution in [0.5, 0.6) is 5.88 Å². The number of hydrogen-bond donors (Lipinski definition) is 0. The summed E-state index contributed by atoms with van der Waals surface area (Å²) in [6.45, 7) is 6.40. The van der Waals surface area contributed by atoms with Crippen molar-refractivity contribution in [2.24, 2.45) is 0 Å². The average molecular weight is 323 g/mol. The van der Waals surface area contributed by atoms with Crippen molar-refractivity contribution in [3.63, 3.8) is 0 Å². The van der Waals surface area contributed by atoms with E-state index in [0.717, 1.165) is 19.0 Å². The highest BCUT2D eigenvalue weighted by Gasteiger charge is 2.32. The monoisotopic (exact) mass is 323 g/mol. The first-order chi connectivity index (χ1) is 10.8. The lowest BCUT2D eigenvalue weighted by Gasteiger charge is -2.28. The molecule has 1 fully saturated rings. The molecule has 2 heterocycles. The van der Waals surface area contributed by atoms with Gasteiger partial charge in [-0.15, -0.1) is 0 Å². The van der Waals surface area contributed by atoms with Gasteiger partial charge in [-0.1, -0.05) is 0 Å². The Labute approximate surface area is 134 Å². The molecule has 1 saturated heterocycles. The van der Waals surface area contributed by atoms with Crippen molar-refractivity contribution in [3.8, 4) is 5.88 Å². The highest BCUT2D eigenvalue weighted by Crippen LogP contribution is 2.22. The van der Waals surface area contributed by atoms with Crippen molar-refractivity contribution in [1.82, 2.24) is 9.88 Å². The van der Waals surface area contributed by atoms with Crippen LogP contribution in [0.15, 0.2) is 18.3 Å². The van der Waals surface area contributed by atoms with Gasteiger partial charge in [0, 0.05) is 18.7 Å². The van der Waals surface area contributed by atoms with Gasteiger partial charge in [0.1, 0.15) is 18.4 Å². The zero-order chi connectivity index (χ0) is 17.0. The van der Waals surface area contributed by atoms with Gasteiger partial charge in [0.2, 0.25) is 5.88 Å². The van der Waals surface area contributed by atoms with Crippen LogP contribution < -0.4 is 4.74 Å². The normalized spacial score (nSPS) is 17.9. The zero-order valence-corrected chi connectivity index (χ0v) is 13.5. The fourth-order valence-corrected chi connectivity index (χ4v) is 2.32. The largest absolute Gasteiger partial charge is 0.475 e. The minimum atomic E-state index is -0.537. The second-order valence-electron chi connectivity index (χ2n) is 6.39. The lowest BCUT2D eigenvalue weighted by atomic mass is 10.2. The summed E-state index contributed by atoms with van der Waals surface area (Å²) in [6, 6.07) is 2.70. The van der Waals surface area contributed by atoms with E-state index in [1.54, 1.807) is 4.90 Å². The number of nitrogens with zero attached hydrogens (tertiary/aromatic N) is 3. The van der Waals surface area contributed by atoms with Crippen LogP contribution in [0, 0.1) is 10.1 Å². The average Bonchev–Trinajstić information content (AvgIpc) is 2.92. The topological polar surface area (TPSA) is 94.8 Å². The number of hydrogen-bond acceptors (Lipinski definition) is 6. The molecule has 1 aliphatic rings. The van der Waals surface area contributed by atoms with Crippen molar-refractivity contribution < 1.29 is 19.2 Å². The standard InChI is InChI=1S/C15H21N3O5/c1-15(2,3)23-14(19)17-8-4-5-12(17)10-22-13-7-6-11(9-16-13)18(20)21/h6-7,9,12H,4-5,8,10H2,1-3H3/t12-/m1/s1. The highest BCUT2D eigenvalue weighted by molar-refractivity contribution is 5.69. The van der Waals surface area contributed by atoms with Crippen molar-refractivity contribution in [1.29, 1.82) is 0 Å². The Kier molecular flexibility index (Phi) is 5.02. The number of pyridine rings is 1. The summed E-state index contributed by atoms with van der Waals surface area (Å²) in [5.74, 6) is 0.298. The van der Waals surface area contributed by atoms with Crippen LogP contribution in [0.25, 0.3) is 0 Å². The molecule has 0 aliphatic carbocycles. The fourth-order valence-electron chi connectivity index (χ4n) is 2.32. The molecule has 0 unspecified atom stereocenters. The highest BCUT2D eigenvalue weighted by atomic mass is 16.6. The van der Waals surface area contributed by atoms with E-state index in [1.807, 2.05) is 20.8 Å². The molecule has 1 aromatic rings. The number of aromatic nitrogens is 1. The summed E-state index contributed by atoms with van der Waals surface area (Å²) in [5.41, 5.74) is -0.626. The van der Waals surface area contributed by atoms with E-state index in [2.05, 4.69) is 4.98 Å². The first-order valence-electron chi connectivity index (χ1n) is 7.49. The predicted molar refractivity (Wildman–Crippen MR) is 82.3 cm³/mol. The smallest absolute Gasteiger partial charge is 0.410 e. The molecule has 1 aliphatic heterocycles. The SMILES string of the molecule is CC(C)(C)OC(=O)N1CCC[C@@H]1COc1ccc([N+](=O)[O-])cn1. The first kappa shape index (κ1) is 17.0. The van der Waals surface area contributed by atoms with Gasteiger partial charge in [-0.05, 0) is 33.6 Å². The van der Waals surface area contributed by atoms with Crippen LogP contribution in [0.1, 0.15) is 33.6 Å². The summed E-state index contributed by atoms with van der Waals surface area (Å²) < 4.78 is 10.9. The number of rotatable bonds is 4. The minimum absolute atomic E-state index is 0.0816. The summed E-state index contributed by atoms with van der Waals surface area (Å²) in [7, 11) is 0. The number of likely N-dealkylation sites (tertiary alicyclic amines) is 1. The maximum atomic E-state index is 12.2. The molecular formula is C15H21N3O5. The van der Waals surface area contributed by atoms with Gasteiger partial charge in [-0.25, -0.2) is 9.78 Å². The second-order valence-corrected chi connectivity index (χ2v) is 6.39. The molecular weight excluding hydrogens is 302 g/mol. The minimum Gasteiger partial charge on any atom is -0.475 e. The van der Waals surface area contributed by atoms with E-state index in [1.165, 1.54) is 12.1 Å². The number of carbonyl (C=O) groups excluding carboxylic acids is 1. The quantitative estimate of drug-likeness (QED) is 0.624. The molecule has 1 aromatic heterocycles. The van der Waals surface area contributed by atoms with Crippen molar-refractivity contribution in [2.75, 3.05) is 13.2 Å². The predicted octanol–water partition coefficient (Wildman–Crippen LogP) is 2.77. The van der Waals surface area contributed by atoms with Crippen LogP contribution in [0.3, 0.4) is 0 Å². The zero-order valence-electron chi connectivity index (χ0n) is 13.5. The van der Waals surface area contributed by atoms with E-state index in [-0.39, 0.29) is 24.4 Å². The van der Waals surface area contributed by atoms with Crippen LogP contribution in [-0.2, 0) is 4.74 Å². The molecule has 1 amide bonds. The molecule has 0 bridgehead atoms. The fraction of sp³-hybridized carbons (Fsp3) is 0.600. The summed E-state index contributed by atoms with van der Waals surface area (Å²) in [5, 5.41) is 10.6. The number of carbonyl (C=O) groups is 1. The maximum absolute atomic E-state index is 12.2. The molecule has 0 spiro atoms. The molecule has 8 heteroatoms. The maximum Gasteiger partial charge on any atom is 0.410 e. The summed E-state index contributed by atoms with van der Waals surface area (Å²) in [4.78, 5) is 27.8. The van der Waals surface area contributed by atoms with Gasteiger partial charge in [0.05, 0.1) is 11.0 Å². The molecule has 0 aromatic carbocycles. The Morgan fingerprint density at radius 1 is 1.48 bits per heavy atom. The third-order valence-corrected chi connectivity index (χ3v) is 3.36. The lowest BCUT2D eigenvalue weighted by Crippen LogP contribution is -2.42. The van der Waals surface area contributed by atoms with E-state index in [4.69, 9.17) is 9.47 Å². The van der Waals surface area contributed by atoms with Crippen LogP contribution in [-0.4, -0.2) is 45.7 Å². The van der Waals surface area contributed by atoms with Gasteiger partial charge in [-0.2, -0.15) is 0 Å². The van der Waals surface area contributed by atoms with Gasteiger partial charge in [0.25, 0.3) is 5.69 Å². The third kappa shape index (κ3) is 4.80. The number of nitro groups is 1. The molecule has 126 valence electrons. The van der Waals surface area contributed by atoms with E-state index in [0.29, 0.717) is 12.4 Å². The van der Waals surface area contributed by atoms with Gasteiger partial charge < -0.3 is 14.4 Å². The third-order valence-electron chi connectivity index (χ3n) is 3.36. The van der Waals surface area contributed by atoms with Crippen molar-refractivity contribution in [2.45, 2.75) is 45.3 Å². The second kappa shape index (κ2) is 6.80. The Bertz CT molecular complexity index is 567. The first-order valence-corrected chi connectivity index (χ1v) is 7.49. The van der Waals surface area contributed by atoms with Crippen LogP contribution in [0.2, 0.25) is 0 Å². The van der Waals surface area contributed by atoms with Gasteiger partial charge >= 0.3 is 6.09 Å². The Morgan fingerprint density at radius 2 is 2.22 bits per heavy atom. The van der Waals surface area contributed by atoms with Crippen LogP contribution >= 0.6 is 0 Å². The summed E-state index contributed by atoms with van der Waals surface area (Å²) >= 11 is 0. The van der Waals surface area contributed by atoms with E-state index < -0.39 is 10.5 Å². The Morgan fingerprint density at radius 3 is 2.78 bits per heavy atom. The Hall–Kier alpha value is -2.38. The van der Waals surface area contributed by atoms with E-state index in [9.17, 15) is 14.9 Å². The van der Waals surface area contributed by atoms with Crippen molar-refractivity contribution >= 4 is 11.8 Å². The van der Waals surface area contributed by atoms with Gasteiger partial charge in [-0.3, -0.25) is 10.1 Å². The number of amides is 1. The van der Waals surface area contributed by atoms with E-state index >= 15 is 0 Å². The molecule has 23 heavy (non-hydrogen) atoms. The lowest BCUT2D eigenvalue weighted by molar-refractivity contribution is -0.385. The van der Waals surface area contributed by atoms with Crippen LogP contribution in [0.4, 0.5) is 10.5 Å². The molecule has 1 atom stereocenters. The van der Waals surface area contributed by atoms with Crippen molar-refractivity contribution in [3.05, 3.63) is 28.4 Å². The molecule has 8 nitrogen and oxygen atoms in total. The van der Waals surface area contributed by atoms with Gasteiger partial charge in [0.15, 0.2) is 0 Å². The molecule has 0 N–H and O–H groups in total. The Balaban J connectivity index is 1.91. The molecule has 0 radical (unpaired) electrons. The number of ether oxygens (including phenoxy) is 2. The summed E-state index contributed by atoms with van der Waals surface area (Å²) in [6.07, 6.45) is 2.52. The molecule has 0 saturated carbocycles. The molecule has 2 rings (SSSR count).